The molecule has 55 valence electrons. The lowest BCUT2D eigenvalue weighted by Crippen LogP contribution is -1.91. The fourth-order valence-corrected chi connectivity index (χ4v) is 1.76. The van der Waals surface area contributed by atoms with Gasteiger partial charge in [-0.3, -0.25) is 0 Å². The van der Waals surface area contributed by atoms with Crippen LogP contribution in [0.3, 0.4) is 0 Å². The maximum atomic E-state index is 4.27. The molecule has 1 aromatic rings. The highest BCUT2D eigenvalue weighted by molar-refractivity contribution is 7.09. The topological polar surface area (TPSA) is 12.9 Å². The largest absolute Gasteiger partial charge is 0.249 e. The van der Waals surface area contributed by atoms with Gasteiger partial charge < -0.3 is 0 Å². The second kappa shape index (κ2) is 3.15. The van der Waals surface area contributed by atoms with E-state index >= 15 is 0 Å². The van der Waals surface area contributed by atoms with E-state index in [-0.39, 0.29) is 0 Å². The van der Waals surface area contributed by atoms with Crippen LogP contribution in [0.15, 0.2) is 5.51 Å². The monoisotopic (exact) mass is 154 g/mol. The van der Waals surface area contributed by atoms with Gasteiger partial charge >= 0.3 is 0 Å². The molecule has 0 aromatic carbocycles. The predicted octanol–water partition coefficient (Wildman–Crippen LogP) is 2.64. The van der Waals surface area contributed by atoms with Crippen LogP contribution in [0.1, 0.15) is 30.3 Å². The first-order valence-electron chi connectivity index (χ1n) is 3.47. The number of aromatic nitrogens is 1. The first kappa shape index (κ1) is 7.73. The number of nitrogens with zero attached hydrogens (tertiary/aromatic N) is 1. The Labute approximate surface area is 66.1 Å². The molecule has 0 amide bonds. The maximum Gasteiger partial charge on any atom is 0.0797 e. The minimum Gasteiger partial charge on any atom is -0.249 e. The number of hydrogen-bond acceptors (Lipinski definition) is 2. The minimum absolute atomic E-state index is 0.544. The summed E-state index contributed by atoms with van der Waals surface area (Å²) in [5.41, 5.74) is 3.12. The normalized spacial score (nSPS) is 10.8. The molecule has 0 N–H and O–H groups in total. The van der Waals surface area contributed by atoms with E-state index < -0.39 is 0 Å². The van der Waals surface area contributed by atoms with Gasteiger partial charge in [-0.1, -0.05) is 13.8 Å². The first-order chi connectivity index (χ1) is 4.75. The Balaban J connectivity index is 2.90. The van der Waals surface area contributed by atoms with Crippen LogP contribution < -0.4 is 0 Å². The van der Waals surface area contributed by atoms with Crippen molar-refractivity contribution in [3.05, 3.63) is 23.0 Å². The highest BCUT2D eigenvalue weighted by Gasteiger charge is 2.06. The first-order valence-corrected chi connectivity index (χ1v) is 4.35. The molecule has 1 aromatic heterocycles. The summed E-state index contributed by atoms with van der Waals surface area (Å²) >= 11 is 1.70. The molecule has 0 atom stereocenters. The summed E-state index contributed by atoms with van der Waals surface area (Å²) in [5, 5.41) is 0. The summed E-state index contributed by atoms with van der Waals surface area (Å²) in [7, 11) is 0. The van der Waals surface area contributed by atoms with Gasteiger partial charge in [-0.15, -0.1) is 11.3 Å². The Kier molecular flexibility index (Phi) is 2.44. The summed E-state index contributed by atoms with van der Waals surface area (Å²) in [6.07, 6.45) is 0.873. The van der Waals surface area contributed by atoms with E-state index in [1.165, 1.54) is 10.6 Å². The van der Waals surface area contributed by atoms with Gasteiger partial charge in [0.2, 0.25) is 0 Å². The van der Waals surface area contributed by atoms with Crippen molar-refractivity contribution in [2.75, 3.05) is 0 Å². The molecule has 0 saturated heterocycles. The predicted molar refractivity (Wildman–Crippen MR) is 45.3 cm³/mol. The third kappa shape index (κ3) is 1.37. The molecule has 0 saturated carbocycles. The minimum atomic E-state index is 0.544. The molecule has 0 unspecified atom stereocenters. The summed E-state index contributed by atoms with van der Waals surface area (Å²) in [6.45, 7) is 8.16. The highest BCUT2D eigenvalue weighted by Crippen LogP contribution is 2.21. The molecular formula is C8H12NS. The highest BCUT2D eigenvalue weighted by atomic mass is 32.1. The van der Waals surface area contributed by atoms with Crippen LogP contribution in [-0.4, -0.2) is 4.98 Å². The molecule has 0 bridgehead atoms. The van der Waals surface area contributed by atoms with Crippen LogP contribution in [0.5, 0.6) is 0 Å². The van der Waals surface area contributed by atoms with Gasteiger partial charge in [0, 0.05) is 4.88 Å². The van der Waals surface area contributed by atoms with Gasteiger partial charge in [0.15, 0.2) is 0 Å². The Morgan fingerprint density at radius 2 is 2.40 bits per heavy atom. The van der Waals surface area contributed by atoms with Gasteiger partial charge in [0.1, 0.15) is 0 Å². The zero-order chi connectivity index (χ0) is 7.56. The van der Waals surface area contributed by atoms with Crippen LogP contribution in [-0.2, 0) is 6.42 Å². The van der Waals surface area contributed by atoms with E-state index in [0.717, 1.165) is 6.42 Å². The number of hydrogen-bond donors (Lipinski definition) is 0. The lowest BCUT2D eigenvalue weighted by atomic mass is 10.1. The quantitative estimate of drug-likeness (QED) is 0.638. The molecule has 0 aliphatic heterocycles. The van der Waals surface area contributed by atoms with Crippen molar-refractivity contribution in [1.82, 2.24) is 4.98 Å². The smallest absolute Gasteiger partial charge is 0.0797 e. The second-order valence-electron chi connectivity index (χ2n) is 2.57. The molecule has 1 heterocycles. The van der Waals surface area contributed by atoms with Gasteiger partial charge in [-0.05, 0) is 19.3 Å². The van der Waals surface area contributed by atoms with E-state index in [9.17, 15) is 0 Å². The zero-order valence-corrected chi connectivity index (χ0v) is 7.24. The number of thiazole rings is 1. The zero-order valence-electron chi connectivity index (χ0n) is 6.42. The fraction of sp³-hybridized carbons (Fsp3) is 0.500. The van der Waals surface area contributed by atoms with Gasteiger partial charge in [-0.2, -0.15) is 0 Å². The van der Waals surface area contributed by atoms with Crippen molar-refractivity contribution in [2.24, 2.45) is 0 Å². The summed E-state index contributed by atoms with van der Waals surface area (Å²) in [4.78, 5) is 5.59. The molecule has 0 aliphatic rings. The molecule has 1 rings (SSSR count). The van der Waals surface area contributed by atoms with Gasteiger partial charge in [0.25, 0.3) is 0 Å². The third-order valence-electron chi connectivity index (χ3n) is 1.45. The van der Waals surface area contributed by atoms with Crippen molar-refractivity contribution in [3.8, 4) is 0 Å². The molecule has 2 heteroatoms. The Hall–Kier alpha value is -0.370. The molecular weight excluding hydrogens is 142 g/mol. The summed E-state index contributed by atoms with van der Waals surface area (Å²) < 4.78 is 0. The maximum absolute atomic E-state index is 4.27. The van der Waals surface area contributed by atoms with Crippen molar-refractivity contribution in [1.29, 1.82) is 0 Å². The van der Waals surface area contributed by atoms with Crippen LogP contribution >= 0.6 is 11.3 Å². The summed E-state index contributed by atoms with van der Waals surface area (Å²) in [5.74, 6) is 0.544. The molecule has 0 fully saturated rings. The van der Waals surface area contributed by atoms with Crippen LogP contribution in [0, 0.1) is 6.92 Å². The average Bonchev–Trinajstić information content (AvgIpc) is 2.33. The SMILES string of the molecule is [CH2]Cc1scnc1C(C)C. The van der Waals surface area contributed by atoms with Crippen molar-refractivity contribution >= 4 is 11.3 Å². The molecule has 0 spiro atoms. The Morgan fingerprint density at radius 1 is 1.70 bits per heavy atom. The molecule has 0 aliphatic carbocycles. The van der Waals surface area contributed by atoms with Crippen molar-refractivity contribution in [2.45, 2.75) is 26.2 Å². The van der Waals surface area contributed by atoms with E-state index in [0.29, 0.717) is 5.92 Å². The van der Waals surface area contributed by atoms with E-state index in [4.69, 9.17) is 0 Å². The molecule has 1 nitrogen and oxygen atoms in total. The van der Waals surface area contributed by atoms with Crippen molar-refractivity contribution in [3.63, 3.8) is 0 Å². The third-order valence-corrected chi connectivity index (χ3v) is 2.35. The van der Waals surface area contributed by atoms with E-state index in [1.807, 2.05) is 5.51 Å². The Morgan fingerprint density at radius 3 is 2.80 bits per heavy atom. The molecule has 1 radical (unpaired) electrons. The second-order valence-corrected chi connectivity index (χ2v) is 3.50. The van der Waals surface area contributed by atoms with Crippen LogP contribution in [0.2, 0.25) is 0 Å². The average molecular weight is 154 g/mol. The lowest BCUT2D eigenvalue weighted by molar-refractivity contribution is 0.820. The van der Waals surface area contributed by atoms with Gasteiger partial charge in [0.05, 0.1) is 11.2 Å². The number of rotatable bonds is 2. The summed E-state index contributed by atoms with van der Waals surface area (Å²) in [6, 6.07) is 0. The van der Waals surface area contributed by atoms with Crippen LogP contribution in [0.4, 0.5) is 0 Å². The van der Waals surface area contributed by atoms with E-state index in [1.54, 1.807) is 11.3 Å². The van der Waals surface area contributed by atoms with Crippen LogP contribution in [0.25, 0.3) is 0 Å². The van der Waals surface area contributed by atoms with Crippen molar-refractivity contribution < 1.29 is 0 Å². The lowest BCUT2D eigenvalue weighted by Gasteiger charge is -2.01. The van der Waals surface area contributed by atoms with Gasteiger partial charge in [-0.25, -0.2) is 4.98 Å². The molecule has 10 heavy (non-hydrogen) atoms. The fourth-order valence-electron chi connectivity index (χ4n) is 0.937. The Bertz CT molecular complexity index is 203. The standard InChI is InChI=1S/C8H12NS/c1-4-7-8(6(2)3)9-5-10-7/h5-6H,1,4H2,2-3H3. The van der Waals surface area contributed by atoms with E-state index in [2.05, 4.69) is 25.8 Å².